The van der Waals surface area contributed by atoms with Crippen LogP contribution in [0.4, 0.5) is 4.39 Å². The zero-order chi connectivity index (χ0) is 29.9. The molecule has 0 aliphatic rings. The molecule has 9 heteroatoms. The number of nitrogens with zero attached hydrogens (tertiary/aromatic N) is 5. The number of tetrazole rings is 1. The van der Waals surface area contributed by atoms with Crippen LogP contribution < -0.4 is 4.73 Å². The van der Waals surface area contributed by atoms with Gasteiger partial charge in [-0.05, 0) is 88.5 Å². The maximum absolute atomic E-state index is 15.2. The molecule has 2 aromatic heterocycles. The molecular weight excluding hydrogens is 565 g/mol. The van der Waals surface area contributed by atoms with E-state index in [0.29, 0.717) is 56.2 Å². The number of benzene rings is 4. The molecule has 1 atom stereocenters. The second kappa shape index (κ2) is 12.0. The minimum absolute atomic E-state index is 0.0733. The SMILES string of the molecule is CC(=O)c1cccc(-c2cc(F)cc(C(Cc3ccccc3)c3ccc(-c4cc(Cl)ccc4-n4cnnn4)c[n+]3[O-])c2)c1. The third-order valence-corrected chi connectivity index (χ3v) is 7.61. The van der Waals surface area contributed by atoms with E-state index in [2.05, 4.69) is 15.5 Å². The summed E-state index contributed by atoms with van der Waals surface area (Å²) in [7, 11) is 0. The van der Waals surface area contributed by atoms with E-state index in [-0.39, 0.29) is 5.78 Å². The molecule has 0 spiro atoms. The number of halogens is 2. The molecule has 2 heterocycles. The number of carbonyl (C=O) groups excluding carboxylic acids is 1. The summed E-state index contributed by atoms with van der Waals surface area (Å²) in [5, 5.41) is 25.7. The van der Waals surface area contributed by atoms with Crippen LogP contribution in [0.5, 0.6) is 0 Å². The standard InChI is InChI=1S/C34H25ClFN5O2/c1-22(42)24-8-5-9-25(15-24)27-16-28(18-30(36)17-27)31(14-23-6-3-2-4-7-23)34-12-10-26(20-41(34)43)32-19-29(35)11-13-33(32)40-21-37-38-39-40/h2-13,15-21,31H,14H2,1H3. The smallest absolute Gasteiger partial charge is 0.200 e. The van der Waals surface area contributed by atoms with Gasteiger partial charge in [0.1, 0.15) is 12.1 Å². The molecule has 0 amide bonds. The fourth-order valence-corrected chi connectivity index (χ4v) is 5.45. The molecular formula is C34H25ClFN5O2. The molecule has 0 bridgehead atoms. The largest absolute Gasteiger partial charge is 0.618 e. The van der Waals surface area contributed by atoms with Gasteiger partial charge in [-0.2, -0.15) is 9.41 Å². The Balaban J connectivity index is 1.46. The van der Waals surface area contributed by atoms with Crippen molar-refractivity contribution in [2.45, 2.75) is 19.3 Å². The van der Waals surface area contributed by atoms with Crippen LogP contribution in [0.25, 0.3) is 27.9 Å². The summed E-state index contributed by atoms with van der Waals surface area (Å²) in [6.45, 7) is 1.50. The average molecular weight is 590 g/mol. The monoisotopic (exact) mass is 589 g/mol. The average Bonchev–Trinajstić information content (AvgIpc) is 3.55. The van der Waals surface area contributed by atoms with Gasteiger partial charge >= 0.3 is 0 Å². The van der Waals surface area contributed by atoms with Crippen molar-refractivity contribution in [2.24, 2.45) is 0 Å². The van der Waals surface area contributed by atoms with Crippen molar-refractivity contribution in [2.75, 3.05) is 0 Å². The molecule has 0 aliphatic heterocycles. The van der Waals surface area contributed by atoms with Gasteiger partial charge < -0.3 is 5.21 Å². The first-order valence-electron chi connectivity index (χ1n) is 13.6. The highest BCUT2D eigenvalue weighted by Gasteiger charge is 2.25. The predicted molar refractivity (Wildman–Crippen MR) is 162 cm³/mol. The van der Waals surface area contributed by atoms with E-state index < -0.39 is 11.7 Å². The Labute approximate surface area is 252 Å². The lowest BCUT2D eigenvalue weighted by Crippen LogP contribution is -2.34. The van der Waals surface area contributed by atoms with Gasteiger partial charge in [-0.15, -0.1) is 5.10 Å². The number of rotatable bonds is 8. The Kier molecular flexibility index (Phi) is 7.77. The van der Waals surface area contributed by atoms with Crippen LogP contribution in [0.3, 0.4) is 0 Å². The van der Waals surface area contributed by atoms with Gasteiger partial charge in [-0.25, -0.2) is 4.39 Å². The second-order valence-electron chi connectivity index (χ2n) is 10.2. The first-order valence-corrected chi connectivity index (χ1v) is 14.0. The molecule has 0 aliphatic carbocycles. The summed E-state index contributed by atoms with van der Waals surface area (Å²) in [6, 6.07) is 30.5. The van der Waals surface area contributed by atoms with E-state index in [0.717, 1.165) is 10.3 Å². The zero-order valence-electron chi connectivity index (χ0n) is 23.1. The summed E-state index contributed by atoms with van der Waals surface area (Å²) < 4.78 is 17.5. The molecule has 1 unspecified atom stereocenters. The molecule has 6 aromatic rings. The highest BCUT2D eigenvalue weighted by atomic mass is 35.5. The van der Waals surface area contributed by atoms with Gasteiger partial charge in [-0.3, -0.25) is 4.79 Å². The molecule has 0 radical (unpaired) electrons. The van der Waals surface area contributed by atoms with Crippen LogP contribution in [0.2, 0.25) is 5.02 Å². The van der Waals surface area contributed by atoms with Crippen molar-refractivity contribution < 1.29 is 13.9 Å². The van der Waals surface area contributed by atoms with Crippen LogP contribution in [-0.4, -0.2) is 26.0 Å². The molecule has 0 saturated carbocycles. The van der Waals surface area contributed by atoms with E-state index in [4.69, 9.17) is 11.6 Å². The van der Waals surface area contributed by atoms with E-state index in [1.165, 1.54) is 36.3 Å². The lowest BCUT2D eigenvalue weighted by Gasteiger charge is -2.19. The first kappa shape index (κ1) is 27.9. The minimum Gasteiger partial charge on any atom is -0.618 e. The Bertz CT molecular complexity index is 1930. The molecule has 43 heavy (non-hydrogen) atoms. The van der Waals surface area contributed by atoms with Gasteiger partial charge in [0.2, 0.25) is 5.69 Å². The lowest BCUT2D eigenvalue weighted by molar-refractivity contribution is -0.614. The van der Waals surface area contributed by atoms with Crippen molar-refractivity contribution >= 4 is 17.4 Å². The Morgan fingerprint density at radius 3 is 2.51 bits per heavy atom. The Morgan fingerprint density at radius 1 is 0.930 bits per heavy atom. The number of pyridine rings is 1. The number of aromatic nitrogens is 5. The van der Waals surface area contributed by atoms with Crippen molar-refractivity contribution in [3.8, 4) is 27.9 Å². The molecule has 0 N–H and O–H groups in total. The van der Waals surface area contributed by atoms with Crippen LogP contribution in [0.1, 0.15) is 40.0 Å². The number of hydrogen-bond acceptors (Lipinski definition) is 5. The van der Waals surface area contributed by atoms with Crippen LogP contribution in [0, 0.1) is 11.0 Å². The third kappa shape index (κ3) is 6.05. The molecule has 212 valence electrons. The Morgan fingerprint density at radius 2 is 1.77 bits per heavy atom. The first-order chi connectivity index (χ1) is 20.9. The van der Waals surface area contributed by atoms with Crippen molar-refractivity contribution in [1.29, 1.82) is 0 Å². The predicted octanol–water partition coefficient (Wildman–Crippen LogP) is 7.00. The summed E-state index contributed by atoms with van der Waals surface area (Å²) in [5.41, 5.74) is 5.92. The summed E-state index contributed by atoms with van der Waals surface area (Å²) in [6.07, 6.45) is 3.42. The highest BCUT2D eigenvalue weighted by Crippen LogP contribution is 2.34. The maximum Gasteiger partial charge on any atom is 0.200 e. The van der Waals surface area contributed by atoms with Gasteiger partial charge in [0.25, 0.3) is 0 Å². The summed E-state index contributed by atoms with van der Waals surface area (Å²) >= 11 is 6.33. The molecule has 0 fully saturated rings. The van der Waals surface area contributed by atoms with E-state index in [1.807, 2.05) is 48.5 Å². The zero-order valence-corrected chi connectivity index (χ0v) is 23.8. The minimum atomic E-state index is -0.474. The normalized spacial score (nSPS) is 11.8. The highest BCUT2D eigenvalue weighted by molar-refractivity contribution is 6.31. The van der Waals surface area contributed by atoms with Gasteiger partial charge in [0.15, 0.2) is 12.0 Å². The van der Waals surface area contributed by atoms with Crippen molar-refractivity contribution in [3.63, 3.8) is 0 Å². The molecule has 4 aromatic carbocycles. The number of hydrogen-bond donors (Lipinski definition) is 0. The van der Waals surface area contributed by atoms with Crippen molar-refractivity contribution in [1.82, 2.24) is 20.2 Å². The van der Waals surface area contributed by atoms with Crippen LogP contribution >= 0.6 is 11.6 Å². The lowest BCUT2D eigenvalue weighted by atomic mass is 9.86. The quantitative estimate of drug-likeness (QED) is 0.108. The fraction of sp³-hybridized carbons (Fsp3) is 0.0882. The van der Waals surface area contributed by atoms with Gasteiger partial charge in [0, 0.05) is 27.8 Å². The van der Waals surface area contributed by atoms with Crippen LogP contribution in [-0.2, 0) is 6.42 Å². The number of Topliss-reactive ketones (excluding diaryl/α,β-unsaturated/α-hetero) is 1. The maximum atomic E-state index is 15.2. The van der Waals surface area contributed by atoms with E-state index in [1.54, 1.807) is 42.5 Å². The summed E-state index contributed by atoms with van der Waals surface area (Å²) in [5.74, 6) is -0.980. The van der Waals surface area contributed by atoms with E-state index >= 15 is 4.39 Å². The Hall–Kier alpha value is -5.21. The topological polar surface area (TPSA) is 87.6 Å². The van der Waals surface area contributed by atoms with Gasteiger partial charge in [0.05, 0.1) is 11.6 Å². The molecule has 0 saturated heterocycles. The fourth-order valence-electron chi connectivity index (χ4n) is 5.27. The van der Waals surface area contributed by atoms with Crippen LogP contribution in [0.15, 0.2) is 116 Å². The van der Waals surface area contributed by atoms with Gasteiger partial charge in [-0.1, -0.05) is 66.2 Å². The second-order valence-corrected chi connectivity index (χ2v) is 10.7. The molecule has 7 nitrogen and oxygen atoms in total. The van der Waals surface area contributed by atoms with Crippen molar-refractivity contribution in [3.05, 3.63) is 154 Å². The third-order valence-electron chi connectivity index (χ3n) is 7.37. The molecule has 6 rings (SSSR count). The number of carbonyl (C=O) groups is 1. The summed E-state index contributed by atoms with van der Waals surface area (Å²) in [4.78, 5) is 12.0. The van der Waals surface area contributed by atoms with E-state index in [9.17, 15) is 10.0 Å². The number of ketones is 1.